The van der Waals surface area contributed by atoms with Crippen molar-refractivity contribution in [1.82, 2.24) is 9.88 Å². The van der Waals surface area contributed by atoms with Gasteiger partial charge in [-0.25, -0.2) is 4.79 Å². The summed E-state index contributed by atoms with van der Waals surface area (Å²) in [6.45, 7) is 1.89. The lowest BCUT2D eigenvalue weighted by Crippen LogP contribution is -2.32. The van der Waals surface area contributed by atoms with Crippen molar-refractivity contribution in [3.63, 3.8) is 0 Å². The summed E-state index contributed by atoms with van der Waals surface area (Å²) in [6.07, 6.45) is 0.644. The maximum Gasteiger partial charge on any atom is 0.420 e. The maximum atomic E-state index is 12.0. The second kappa shape index (κ2) is 6.84. The first kappa shape index (κ1) is 16.2. The molecule has 0 atom stereocenters. The Bertz CT molecular complexity index is 951. The molecule has 1 aromatic carbocycles. The SMILES string of the molecule is CC(=O)c1ccc(CCNC(=O)Cn2c(=O)oc3ccccc32)s1. The summed E-state index contributed by atoms with van der Waals surface area (Å²) in [5.41, 5.74) is 1.06. The van der Waals surface area contributed by atoms with Gasteiger partial charge in [0.1, 0.15) is 6.54 Å². The van der Waals surface area contributed by atoms with Crippen molar-refractivity contribution in [1.29, 1.82) is 0 Å². The van der Waals surface area contributed by atoms with Gasteiger partial charge in [-0.3, -0.25) is 14.2 Å². The van der Waals surface area contributed by atoms with Crippen LogP contribution in [0.5, 0.6) is 0 Å². The number of carbonyl (C=O) groups excluding carboxylic acids is 2. The fourth-order valence-electron chi connectivity index (χ4n) is 2.39. The number of amides is 1. The zero-order valence-electron chi connectivity index (χ0n) is 13.1. The van der Waals surface area contributed by atoms with Crippen molar-refractivity contribution in [2.24, 2.45) is 0 Å². The number of ketones is 1. The number of Topliss-reactive ketones (excluding diaryl/α,β-unsaturated/α-hetero) is 1. The van der Waals surface area contributed by atoms with Gasteiger partial charge in [-0.1, -0.05) is 12.1 Å². The fourth-order valence-corrected chi connectivity index (χ4v) is 3.29. The van der Waals surface area contributed by atoms with Gasteiger partial charge in [0, 0.05) is 11.4 Å². The molecule has 1 N–H and O–H groups in total. The Balaban J connectivity index is 1.58. The summed E-state index contributed by atoms with van der Waals surface area (Å²) >= 11 is 1.43. The third kappa shape index (κ3) is 3.46. The second-order valence-electron chi connectivity index (χ2n) is 5.34. The van der Waals surface area contributed by atoms with Gasteiger partial charge in [-0.05, 0) is 37.6 Å². The molecular formula is C17H16N2O4S. The highest BCUT2D eigenvalue weighted by Gasteiger charge is 2.12. The number of thiophene rings is 1. The minimum absolute atomic E-state index is 0.0431. The van der Waals surface area contributed by atoms with Crippen LogP contribution < -0.4 is 11.1 Å². The van der Waals surface area contributed by atoms with E-state index in [2.05, 4.69) is 5.32 Å². The van der Waals surface area contributed by atoms with Crippen LogP contribution in [0.15, 0.2) is 45.6 Å². The summed E-state index contributed by atoms with van der Waals surface area (Å²) in [5.74, 6) is -0.760. The first-order valence-corrected chi connectivity index (χ1v) is 8.31. The van der Waals surface area contributed by atoms with Crippen LogP contribution in [0.3, 0.4) is 0 Å². The lowest BCUT2D eigenvalue weighted by molar-refractivity contribution is -0.121. The quantitative estimate of drug-likeness (QED) is 0.695. The molecule has 0 radical (unpaired) electrons. The number of rotatable bonds is 6. The largest absolute Gasteiger partial charge is 0.420 e. The number of benzene rings is 1. The Labute approximate surface area is 141 Å². The van der Waals surface area contributed by atoms with Crippen molar-refractivity contribution >= 4 is 34.1 Å². The van der Waals surface area contributed by atoms with Crippen molar-refractivity contribution < 1.29 is 14.0 Å². The van der Waals surface area contributed by atoms with Crippen LogP contribution in [0, 0.1) is 0 Å². The zero-order chi connectivity index (χ0) is 17.1. The Hall–Kier alpha value is -2.67. The maximum absolute atomic E-state index is 12.0. The van der Waals surface area contributed by atoms with E-state index < -0.39 is 5.76 Å². The third-order valence-electron chi connectivity index (χ3n) is 3.58. The van der Waals surface area contributed by atoms with E-state index in [0.717, 1.165) is 4.88 Å². The van der Waals surface area contributed by atoms with Crippen LogP contribution >= 0.6 is 11.3 Å². The second-order valence-corrected chi connectivity index (χ2v) is 6.51. The molecule has 2 heterocycles. The van der Waals surface area contributed by atoms with E-state index >= 15 is 0 Å². The van der Waals surface area contributed by atoms with Gasteiger partial charge in [0.05, 0.1) is 10.4 Å². The average molecular weight is 344 g/mol. The Morgan fingerprint density at radius 3 is 2.75 bits per heavy atom. The molecule has 0 unspecified atom stereocenters. The standard InChI is InChI=1S/C17H16N2O4S/c1-11(20)15-7-6-12(24-15)8-9-18-16(21)10-19-13-4-2-3-5-14(13)23-17(19)22/h2-7H,8-10H2,1H3,(H,18,21). The molecule has 7 heteroatoms. The van der Waals surface area contributed by atoms with E-state index in [1.54, 1.807) is 30.3 Å². The Morgan fingerprint density at radius 2 is 2.00 bits per heavy atom. The van der Waals surface area contributed by atoms with Crippen molar-refractivity contribution in [3.8, 4) is 0 Å². The van der Waals surface area contributed by atoms with Gasteiger partial charge in [0.2, 0.25) is 5.91 Å². The number of nitrogens with zero attached hydrogens (tertiary/aromatic N) is 1. The van der Waals surface area contributed by atoms with Gasteiger partial charge >= 0.3 is 5.76 Å². The van der Waals surface area contributed by atoms with Crippen molar-refractivity contribution in [2.75, 3.05) is 6.54 Å². The number of aromatic nitrogens is 1. The smallest absolute Gasteiger partial charge is 0.408 e. The third-order valence-corrected chi connectivity index (χ3v) is 4.82. The molecule has 0 aliphatic carbocycles. The number of hydrogen-bond donors (Lipinski definition) is 1. The first-order valence-electron chi connectivity index (χ1n) is 7.49. The highest BCUT2D eigenvalue weighted by molar-refractivity contribution is 7.14. The Morgan fingerprint density at radius 1 is 1.21 bits per heavy atom. The van der Waals surface area contributed by atoms with E-state index in [-0.39, 0.29) is 18.2 Å². The van der Waals surface area contributed by atoms with E-state index in [9.17, 15) is 14.4 Å². The van der Waals surface area contributed by atoms with Crippen LogP contribution in [0.2, 0.25) is 0 Å². The van der Waals surface area contributed by atoms with Gasteiger partial charge in [0.15, 0.2) is 11.4 Å². The molecule has 3 rings (SSSR count). The van der Waals surface area contributed by atoms with E-state index in [1.165, 1.54) is 22.8 Å². The fraction of sp³-hybridized carbons (Fsp3) is 0.235. The molecule has 0 aliphatic heterocycles. The molecule has 0 bridgehead atoms. The molecule has 0 spiro atoms. The number of oxazole rings is 1. The van der Waals surface area contributed by atoms with Gasteiger partial charge in [0.25, 0.3) is 0 Å². The highest BCUT2D eigenvalue weighted by Crippen LogP contribution is 2.17. The predicted octanol–water partition coefficient (Wildman–Crippen LogP) is 2.22. The normalized spacial score (nSPS) is 10.9. The summed E-state index contributed by atoms with van der Waals surface area (Å²) < 4.78 is 6.41. The van der Waals surface area contributed by atoms with Crippen LogP contribution in [-0.4, -0.2) is 22.8 Å². The number of carbonyl (C=O) groups is 2. The zero-order valence-corrected chi connectivity index (χ0v) is 13.9. The Kier molecular flexibility index (Phi) is 4.61. The molecule has 1 amide bonds. The number of hydrogen-bond acceptors (Lipinski definition) is 5. The molecule has 124 valence electrons. The molecule has 2 aromatic heterocycles. The van der Waals surface area contributed by atoms with Gasteiger partial charge in [-0.15, -0.1) is 11.3 Å². The van der Waals surface area contributed by atoms with Crippen molar-refractivity contribution in [2.45, 2.75) is 19.9 Å². The molecule has 24 heavy (non-hydrogen) atoms. The van der Waals surface area contributed by atoms with E-state index in [1.807, 2.05) is 6.07 Å². The number of para-hydroxylation sites is 2. The molecule has 0 saturated heterocycles. The van der Waals surface area contributed by atoms with E-state index in [4.69, 9.17) is 4.42 Å². The molecule has 0 aliphatic rings. The molecule has 3 aromatic rings. The molecule has 0 saturated carbocycles. The molecule has 0 fully saturated rings. The summed E-state index contributed by atoms with van der Waals surface area (Å²) in [4.78, 5) is 36.9. The summed E-state index contributed by atoms with van der Waals surface area (Å²) in [5, 5.41) is 2.78. The average Bonchev–Trinajstić information content (AvgIpc) is 3.13. The van der Waals surface area contributed by atoms with Crippen molar-refractivity contribution in [3.05, 3.63) is 56.7 Å². The molecular weight excluding hydrogens is 328 g/mol. The van der Waals surface area contributed by atoms with Gasteiger partial charge < -0.3 is 9.73 Å². The monoisotopic (exact) mass is 344 g/mol. The van der Waals surface area contributed by atoms with Crippen LogP contribution in [0.25, 0.3) is 11.1 Å². The van der Waals surface area contributed by atoms with Crippen LogP contribution in [0.1, 0.15) is 21.5 Å². The lowest BCUT2D eigenvalue weighted by atomic mass is 10.3. The number of nitrogens with one attached hydrogen (secondary N) is 1. The topological polar surface area (TPSA) is 81.3 Å². The van der Waals surface area contributed by atoms with E-state index in [0.29, 0.717) is 28.9 Å². The highest BCUT2D eigenvalue weighted by atomic mass is 32.1. The van der Waals surface area contributed by atoms with Gasteiger partial charge in [-0.2, -0.15) is 0 Å². The minimum atomic E-state index is -0.546. The lowest BCUT2D eigenvalue weighted by Gasteiger charge is -2.05. The number of fused-ring (bicyclic) bond motifs is 1. The van der Waals surface area contributed by atoms with Crippen LogP contribution in [0.4, 0.5) is 0 Å². The summed E-state index contributed by atoms with van der Waals surface area (Å²) in [7, 11) is 0. The predicted molar refractivity (Wildman–Crippen MR) is 91.5 cm³/mol. The first-order chi connectivity index (χ1) is 11.5. The summed E-state index contributed by atoms with van der Waals surface area (Å²) in [6, 6.07) is 10.7. The van der Waals surface area contributed by atoms with Crippen LogP contribution in [-0.2, 0) is 17.8 Å². The minimum Gasteiger partial charge on any atom is -0.408 e. The molecule has 6 nitrogen and oxygen atoms in total.